The zero-order valence-corrected chi connectivity index (χ0v) is 23.3. The van der Waals surface area contributed by atoms with Crippen molar-refractivity contribution in [3.8, 4) is 39.8 Å². The van der Waals surface area contributed by atoms with Crippen molar-refractivity contribution < 1.29 is 37.0 Å². The van der Waals surface area contributed by atoms with Crippen molar-refractivity contribution in [1.29, 1.82) is 0 Å². The van der Waals surface area contributed by atoms with E-state index >= 15 is 0 Å². The molecule has 0 aliphatic carbocycles. The van der Waals surface area contributed by atoms with Crippen molar-refractivity contribution in [3.05, 3.63) is 131 Å². The number of rotatable bonds is 8. The Morgan fingerprint density at radius 1 is 0.867 bits per heavy atom. The van der Waals surface area contributed by atoms with E-state index in [0.717, 1.165) is 12.1 Å². The summed E-state index contributed by atoms with van der Waals surface area (Å²) in [5, 5.41) is 14.9. The fourth-order valence-corrected chi connectivity index (χ4v) is 4.71. The lowest BCUT2D eigenvalue weighted by molar-refractivity contribution is -0.147. The van der Waals surface area contributed by atoms with Crippen LogP contribution in [0.1, 0.15) is 11.3 Å². The van der Waals surface area contributed by atoms with Gasteiger partial charge in [0.05, 0.1) is 16.9 Å². The molecule has 0 fully saturated rings. The Labute approximate surface area is 253 Å². The van der Waals surface area contributed by atoms with Crippen molar-refractivity contribution in [2.75, 3.05) is 6.61 Å². The van der Waals surface area contributed by atoms with Crippen molar-refractivity contribution in [3.63, 3.8) is 0 Å². The van der Waals surface area contributed by atoms with Gasteiger partial charge in [-0.3, -0.25) is 4.79 Å². The number of hydrogen-bond acceptors (Lipinski definition) is 7. The molecule has 2 heterocycles. The molecule has 0 radical (unpaired) electrons. The van der Waals surface area contributed by atoms with Gasteiger partial charge in [-0.1, -0.05) is 60.7 Å². The molecule has 2 aromatic heterocycles. The predicted octanol–water partition coefficient (Wildman–Crippen LogP) is 7.16. The van der Waals surface area contributed by atoms with E-state index in [2.05, 4.69) is 5.10 Å². The van der Waals surface area contributed by atoms with Gasteiger partial charge in [0.1, 0.15) is 40.5 Å². The highest BCUT2D eigenvalue weighted by molar-refractivity contribution is 5.86. The van der Waals surface area contributed by atoms with Crippen LogP contribution in [-0.2, 0) is 22.3 Å². The van der Waals surface area contributed by atoms with Gasteiger partial charge in [0.25, 0.3) is 0 Å². The fourth-order valence-electron chi connectivity index (χ4n) is 4.71. The summed E-state index contributed by atoms with van der Waals surface area (Å²) in [5.74, 6) is -0.746. The Morgan fingerprint density at radius 3 is 2.24 bits per heavy atom. The molecule has 6 rings (SSSR count). The third kappa shape index (κ3) is 6.42. The molecular formula is C34H23F3N2O6. The van der Waals surface area contributed by atoms with Gasteiger partial charge in [-0.2, -0.15) is 18.3 Å². The van der Waals surface area contributed by atoms with Crippen LogP contribution in [0.2, 0.25) is 0 Å². The second-order valence-electron chi connectivity index (χ2n) is 9.95. The SMILES string of the molecule is O=C(COc1cc(O)c2c(=O)cc(-c3ccccc3)oc2c1)OCc1cc(-c2ccc(C(F)(F)F)cc2)n(-c2ccccc2)n1. The molecule has 0 aliphatic rings. The van der Waals surface area contributed by atoms with Crippen LogP contribution >= 0.6 is 0 Å². The highest BCUT2D eigenvalue weighted by atomic mass is 19.4. The van der Waals surface area contributed by atoms with E-state index in [9.17, 15) is 27.9 Å². The number of alkyl halides is 3. The lowest BCUT2D eigenvalue weighted by Crippen LogP contribution is -2.15. The number of aromatic hydroxyl groups is 1. The molecular weight excluding hydrogens is 589 g/mol. The highest BCUT2D eigenvalue weighted by Gasteiger charge is 2.30. The summed E-state index contributed by atoms with van der Waals surface area (Å²) in [6, 6.07) is 28.1. The van der Waals surface area contributed by atoms with Gasteiger partial charge in [0.15, 0.2) is 12.0 Å². The zero-order valence-electron chi connectivity index (χ0n) is 23.3. The van der Waals surface area contributed by atoms with Gasteiger partial charge in [-0.05, 0) is 30.3 Å². The van der Waals surface area contributed by atoms with Crippen LogP contribution in [0.15, 0.2) is 118 Å². The lowest BCUT2D eigenvalue weighted by atomic mass is 10.1. The number of ether oxygens (including phenoxy) is 2. The number of para-hydroxylation sites is 1. The number of halogens is 3. The smallest absolute Gasteiger partial charge is 0.416 e. The highest BCUT2D eigenvalue weighted by Crippen LogP contribution is 2.33. The monoisotopic (exact) mass is 612 g/mol. The molecule has 226 valence electrons. The van der Waals surface area contributed by atoms with Crippen molar-refractivity contribution in [2.45, 2.75) is 12.8 Å². The number of aromatic nitrogens is 2. The predicted molar refractivity (Wildman–Crippen MR) is 159 cm³/mol. The van der Waals surface area contributed by atoms with Crippen LogP contribution in [0.4, 0.5) is 13.2 Å². The van der Waals surface area contributed by atoms with E-state index in [0.29, 0.717) is 34.0 Å². The maximum atomic E-state index is 13.1. The summed E-state index contributed by atoms with van der Waals surface area (Å²) in [6.07, 6.45) is -4.47. The van der Waals surface area contributed by atoms with Gasteiger partial charge < -0.3 is 19.0 Å². The van der Waals surface area contributed by atoms with E-state index in [1.54, 1.807) is 59.3 Å². The molecule has 0 saturated carbocycles. The van der Waals surface area contributed by atoms with Crippen molar-refractivity contribution >= 4 is 16.9 Å². The van der Waals surface area contributed by atoms with Crippen LogP contribution < -0.4 is 10.2 Å². The first-order valence-corrected chi connectivity index (χ1v) is 13.6. The maximum absolute atomic E-state index is 13.1. The summed E-state index contributed by atoms with van der Waals surface area (Å²) < 4.78 is 57.6. The second kappa shape index (κ2) is 12.0. The fraction of sp³-hybridized carbons (Fsp3) is 0.0882. The van der Waals surface area contributed by atoms with E-state index in [-0.39, 0.29) is 29.1 Å². The molecule has 0 saturated heterocycles. The van der Waals surface area contributed by atoms with E-state index < -0.39 is 29.7 Å². The van der Waals surface area contributed by atoms with Crippen LogP contribution in [0.3, 0.4) is 0 Å². The number of nitrogens with zero attached hydrogens (tertiary/aromatic N) is 2. The molecule has 11 heteroatoms. The Kier molecular flexibility index (Phi) is 7.82. The maximum Gasteiger partial charge on any atom is 0.416 e. The number of phenolic OH excluding ortho intramolecular Hbond substituents is 1. The third-order valence-electron chi connectivity index (χ3n) is 6.85. The number of carbonyl (C=O) groups excluding carboxylic acids is 1. The Hall–Kier alpha value is -5.84. The van der Waals surface area contributed by atoms with Crippen LogP contribution in [0.25, 0.3) is 39.2 Å². The average molecular weight is 613 g/mol. The average Bonchev–Trinajstić information content (AvgIpc) is 3.47. The van der Waals surface area contributed by atoms with Crippen molar-refractivity contribution in [2.24, 2.45) is 0 Å². The van der Waals surface area contributed by atoms with Crippen molar-refractivity contribution in [1.82, 2.24) is 9.78 Å². The number of carbonyl (C=O) groups is 1. The number of esters is 1. The quantitative estimate of drug-likeness (QED) is 0.182. The summed E-state index contributed by atoms with van der Waals surface area (Å²) in [6.45, 7) is -0.771. The summed E-state index contributed by atoms with van der Waals surface area (Å²) >= 11 is 0. The van der Waals surface area contributed by atoms with Gasteiger partial charge in [0.2, 0.25) is 0 Å². The van der Waals surface area contributed by atoms with Crippen LogP contribution in [0, 0.1) is 0 Å². The molecule has 0 atom stereocenters. The minimum absolute atomic E-state index is 0.0255. The molecule has 45 heavy (non-hydrogen) atoms. The minimum atomic E-state index is -4.47. The Balaban J connectivity index is 1.17. The Bertz CT molecular complexity index is 2040. The van der Waals surface area contributed by atoms with Gasteiger partial charge >= 0.3 is 12.1 Å². The standard InChI is InChI=1S/C34H23F3N2O6/c35-34(36,37)23-13-11-21(12-14-23)27-15-24(38-39(27)25-9-5-2-6-10-25)19-44-32(42)20-43-26-16-28(40)33-29(41)18-30(45-31(33)17-26)22-7-3-1-4-8-22/h1-18,40H,19-20H2. The van der Waals surface area contributed by atoms with Gasteiger partial charge in [0, 0.05) is 29.3 Å². The minimum Gasteiger partial charge on any atom is -0.507 e. The summed E-state index contributed by atoms with van der Waals surface area (Å²) in [7, 11) is 0. The Morgan fingerprint density at radius 2 is 1.56 bits per heavy atom. The zero-order chi connectivity index (χ0) is 31.6. The van der Waals surface area contributed by atoms with Crippen LogP contribution in [-0.4, -0.2) is 27.5 Å². The first kappa shape index (κ1) is 29.2. The normalized spacial score (nSPS) is 11.4. The largest absolute Gasteiger partial charge is 0.507 e. The molecule has 4 aromatic carbocycles. The number of phenols is 1. The first-order valence-electron chi connectivity index (χ1n) is 13.6. The third-order valence-corrected chi connectivity index (χ3v) is 6.85. The summed E-state index contributed by atoms with van der Waals surface area (Å²) in [5.41, 5.74) is 1.52. The molecule has 0 amide bonds. The molecule has 1 N–H and O–H groups in total. The second-order valence-corrected chi connectivity index (χ2v) is 9.95. The molecule has 0 spiro atoms. The van der Waals surface area contributed by atoms with E-state index in [1.807, 2.05) is 12.1 Å². The lowest BCUT2D eigenvalue weighted by Gasteiger charge is -2.10. The van der Waals surface area contributed by atoms with Crippen LogP contribution in [0.5, 0.6) is 11.5 Å². The molecule has 8 nitrogen and oxygen atoms in total. The van der Waals surface area contributed by atoms with Gasteiger partial charge in [-0.25, -0.2) is 9.48 Å². The number of hydrogen-bond donors (Lipinski definition) is 1. The molecule has 6 aromatic rings. The molecule has 0 unspecified atom stereocenters. The topological polar surface area (TPSA) is 104 Å². The molecule has 0 aliphatic heterocycles. The number of benzene rings is 4. The van der Waals surface area contributed by atoms with Gasteiger partial charge in [-0.15, -0.1) is 0 Å². The van der Waals surface area contributed by atoms with E-state index in [1.165, 1.54) is 30.3 Å². The number of fused-ring (bicyclic) bond motifs is 1. The van der Waals surface area contributed by atoms with E-state index in [4.69, 9.17) is 13.9 Å². The molecule has 0 bridgehead atoms. The first-order chi connectivity index (χ1) is 21.7. The summed E-state index contributed by atoms with van der Waals surface area (Å²) in [4.78, 5) is 25.2.